The number of nitrogens with one attached hydrogen (secondary N) is 2. The third kappa shape index (κ3) is 9.95. The third-order valence-electron chi connectivity index (χ3n) is 7.53. The quantitative estimate of drug-likeness (QED) is 0.0590. The first-order valence-corrected chi connectivity index (χ1v) is 15.7. The van der Waals surface area contributed by atoms with E-state index in [4.69, 9.17) is 10.5 Å². The molecule has 44 heavy (non-hydrogen) atoms. The monoisotopic (exact) mass is 639 g/mol. The zero-order chi connectivity index (χ0) is 32.2. The maximum absolute atomic E-state index is 12.5. The van der Waals surface area contributed by atoms with Gasteiger partial charge in [0.15, 0.2) is 0 Å². The number of ether oxygens (including phenoxy) is 1. The number of benzene rings is 2. The minimum Gasteiger partial charge on any atom is -0.449 e. The predicted molar refractivity (Wildman–Crippen MR) is 186 cm³/mol. The Kier molecular flexibility index (Phi) is 13.5. The van der Waals surface area contributed by atoms with Crippen LogP contribution in [0.15, 0.2) is 53.9 Å². The van der Waals surface area contributed by atoms with Gasteiger partial charge in [-0.05, 0) is 50.3 Å². The normalized spacial score (nSPS) is 12.5. The Labute approximate surface area is 271 Å². The molecule has 0 radical (unpaired) electrons. The Hall–Kier alpha value is -3.64. The summed E-state index contributed by atoms with van der Waals surface area (Å²) in [5, 5.41) is 8.51. The van der Waals surface area contributed by atoms with Gasteiger partial charge >= 0.3 is 6.09 Å². The summed E-state index contributed by atoms with van der Waals surface area (Å²) in [6.07, 6.45) is 3.99. The molecular weight excluding hydrogens is 595 g/mol. The molecule has 4 N–H and O–H groups in total. The zero-order valence-corrected chi connectivity index (χ0v) is 28.0. The molecule has 1 aromatic heterocycles. The van der Waals surface area contributed by atoms with Crippen LogP contribution in [-0.2, 0) is 16.1 Å². The van der Waals surface area contributed by atoms with Crippen molar-refractivity contribution in [3.63, 3.8) is 0 Å². The van der Waals surface area contributed by atoms with Gasteiger partial charge in [-0.15, -0.1) is 0 Å². The molecular formula is C32H45N7O3S2. The van der Waals surface area contributed by atoms with E-state index >= 15 is 0 Å². The van der Waals surface area contributed by atoms with E-state index in [0.29, 0.717) is 36.7 Å². The van der Waals surface area contributed by atoms with Gasteiger partial charge in [0.25, 0.3) is 0 Å². The number of thiol groups is 2. The molecule has 0 aliphatic carbocycles. The van der Waals surface area contributed by atoms with Crippen LogP contribution in [0.1, 0.15) is 44.5 Å². The van der Waals surface area contributed by atoms with Gasteiger partial charge in [0.1, 0.15) is 11.6 Å². The highest BCUT2D eigenvalue weighted by Gasteiger charge is 2.19. The number of hydrogen-bond acceptors (Lipinski definition) is 10. The van der Waals surface area contributed by atoms with Crippen LogP contribution < -0.4 is 21.3 Å². The van der Waals surface area contributed by atoms with Crippen molar-refractivity contribution in [1.82, 2.24) is 20.2 Å². The Bertz CT molecular complexity index is 1450. The number of hydrogen-bond donors (Lipinski definition) is 5. The molecule has 1 atom stereocenters. The fraction of sp³-hybridized carbons (Fsp3) is 0.438. The molecule has 2 aromatic carbocycles. The van der Waals surface area contributed by atoms with Crippen molar-refractivity contribution < 1.29 is 14.3 Å². The number of nitrogens with two attached hydrogens (primary N) is 1. The maximum atomic E-state index is 12.5. The highest BCUT2D eigenvalue weighted by molar-refractivity contribution is 7.99. The van der Waals surface area contributed by atoms with E-state index in [9.17, 15) is 9.59 Å². The second-order valence-corrected chi connectivity index (χ2v) is 12.6. The number of amides is 2. The number of carbonyl (C=O) groups is 2. The summed E-state index contributed by atoms with van der Waals surface area (Å²) < 4.78 is 5.48. The number of allylic oxidation sites excluding steroid dienone is 1. The van der Waals surface area contributed by atoms with E-state index in [1.165, 1.54) is 0 Å². The van der Waals surface area contributed by atoms with Gasteiger partial charge in [-0.3, -0.25) is 4.79 Å². The van der Waals surface area contributed by atoms with Gasteiger partial charge in [-0.25, -0.2) is 14.8 Å². The summed E-state index contributed by atoms with van der Waals surface area (Å²) in [6.45, 7) is 7.08. The van der Waals surface area contributed by atoms with Gasteiger partial charge in [0.2, 0.25) is 6.41 Å². The molecule has 1 unspecified atom stereocenters. The van der Waals surface area contributed by atoms with E-state index in [0.717, 1.165) is 52.7 Å². The lowest BCUT2D eigenvalue weighted by molar-refractivity contribution is -0.117. The number of aryl methyl sites for hydroxylation is 1. The topological polar surface area (TPSA) is 126 Å². The van der Waals surface area contributed by atoms with Gasteiger partial charge in [0, 0.05) is 77.8 Å². The number of aromatic nitrogens is 2. The van der Waals surface area contributed by atoms with Crippen molar-refractivity contribution in [3.8, 4) is 0 Å². The van der Waals surface area contributed by atoms with Crippen molar-refractivity contribution in [2.24, 2.45) is 5.92 Å². The van der Waals surface area contributed by atoms with Crippen LogP contribution in [0.2, 0.25) is 0 Å². The number of fused-ring (bicyclic) bond motifs is 1. The fourth-order valence-electron chi connectivity index (χ4n) is 5.10. The molecule has 3 aromatic rings. The van der Waals surface area contributed by atoms with Crippen molar-refractivity contribution in [2.75, 3.05) is 49.7 Å². The van der Waals surface area contributed by atoms with Gasteiger partial charge < -0.3 is 30.9 Å². The minimum absolute atomic E-state index is 0.0507. The number of nitrogen functional groups attached to an aromatic ring is 1. The average molecular weight is 640 g/mol. The van der Waals surface area contributed by atoms with Gasteiger partial charge in [0.05, 0.1) is 13.2 Å². The van der Waals surface area contributed by atoms with Crippen LogP contribution in [-0.4, -0.2) is 65.7 Å². The summed E-state index contributed by atoms with van der Waals surface area (Å²) in [6, 6.07) is 12.4. The van der Waals surface area contributed by atoms with E-state index in [2.05, 4.69) is 75.9 Å². The first-order chi connectivity index (χ1) is 21.0. The van der Waals surface area contributed by atoms with E-state index < -0.39 is 6.09 Å². The van der Waals surface area contributed by atoms with Gasteiger partial charge in [-0.2, -0.15) is 25.3 Å². The second kappa shape index (κ2) is 17.0. The fourth-order valence-corrected chi connectivity index (χ4v) is 5.40. The van der Waals surface area contributed by atoms with E-state index in [-0.39, 0.29) is 23.7 Å². The molecule has 2 amide bonds. The number of anilines is 3. The number of carbonyl (C=O) groups excluding carboxylic acids is 2. The predicted octanol–water partition coefficient (Wildman–Crippen LogP) is 5.65. The lowest BCUT2D eigenvalue weighted by atomic mass is 9.92. The van der Waals surface area contributed by atoms with Crippen LogP contribution in [0.5, 0.6) is 0 Å². The molecule has 0 fully saturated rings. The maximum Gasteiger partial charge on any atom is 0.407 e. The first-order valence-electron chi connectivity index (χ1n) is 14.7. The summed E-state index contributed by atoms with van der Waals surface area (Å²) in [7, 11) is 4.06. The van der Waals surface area contributed by atoms with Crippen LogP contribution in [0.3, 0.4) is 0 Å². The highest BCUT2D eigenvalue weighted by Crippen LogP contribution is 2.31. The van der Waals surface area contributed by atoms with Crippen LogP contribution in [0.4, 0.5) is 22.0 Å². The van der Waals surface area contributed by atoms with E-state index in [1.54, 1.807) is 18.0 Å². The molecule has 12 heteroatoms. The molecule has 0 spiro atoms. The lowest BCUT2D eigenvalue weighted by Gasteiger charge is -2.26. The largest absolute Gasteiger partial charge is 0.449 e. The number of rotatable bonds is 16. The summed E-state index contributed by atoms with van der Waals surface area (Å²) in [5.74, 6) is 1.01. The van der Waals surface area contributed by atoms with Crippen LogP contribution >= 0.6 is 25.3 Å². The Balaban J connectivity index is 1.59. The lowest BCUT2D eigenvalue weighted by Crippen LogP contribution is -2.30. The average Bonchev–Trinajstić information content (AvgIpc) is 2.99. The molecule has 10 nitrogen and oxygen atoms in total. The third-order valence-corrected chi connectivity index (χ3v) is 8.05. The molecule has 238 valence electrons. The minimum atomic E-state index is -0.494. The van der Waals surface area contributed by atoms with Gasteiger partial charge in [-0.1, -0.05) is 31.2 Å². The molecule has 0 aliphatic heterocycles. The SMILES string of the molecule is CC(=C(CCOC(=O)NCCNc1cccc2c(N(C)C)cccc12)C(C)CCC(S)S)N(C=O)Cc1cnc(C)nc1N. The highest BCUT2D eigenvalue weighted by atomic mass is 32.2. The standard InChI is InChI=1S/C32H45N7O3S2/c1-21(12-13-30(43)44)25(22(2)39(20-40)19-24-18-36-23(3)37-31(24)33)14-17-42-32(41)35-16-15-34-28-10-6-9-27-26(28)8-7-11-29(27)38(4)5/h6-11,18,20-21,30,34,43-44H,12-17,19H2,1-5H3,(H,35,41)(H2,33,36,37). The molecule has 0 bridgehead atoms. The van der Waals surface area contributed by atoms with Crippen molar-refractivity contribution in [3.05, 3.63) is 65.3 Å². The Morgan fingerprint density at radius 2 is 1.84 bits per heavy atom. The van der Waals surface area contributed by atoms with Crippen molar-refractivity contribution in [1.29, 1.82) is 0 Å². The summed E-state index contributed by atoms with van der Waals surface area (Å²) >= 11 is 8.80. The van der Waals surface area contributed by atoms with Crippen molar-refractivity contribution in [2.45, 2.75) is 51.2 Å². The molecule has 0 saturated carbocycles. The summed E-state index contributed by atoms with van der Waals surface area (Å²) in [4.78, 5) is 36.8. The first kappa shape index (κ1) is 34.8. The van der Waals surface area contributed by atoms with Crippen LogP contribution in [0.25, 0.3) is 10.8 Å². The molecule has 0 aliphatic rings. The van der Waals surface area contributed by atoms with E-state index in [1.807, 2.05) is 39.2 Å². The Morgan fingerprint density at radius 1 is 1.11 bits per heavy atom. The van der Waals surface area contributed by atoms with Crippen LogP contribution in [0, 0.1) is 12.8 Å². The second-order valence-electron chi connectivity index (χ2n) is 10.9. The summed E-state index contributed by atoms with van der Waals surface area (Å²) in [5.41, 5.74) is 10.7. The zero-order valence-electron chi connectivity index (χ0n) is 26.2. The molecule has 1 heterocycles. The molecule has 3 rings (SSSR count). The van der Waals surface area contributed by atoms with Crippen molar-refractivity contribution >= 4 is 65.7 Å². The molecule has 0 saturated heterocycles. The number of nitrogens with zero attached hydrogens (tertiary/aromatic N) is 4. The smallest absolute Gasteiger partial charge is 0.407 e. The number of alkyl carbamates (subject to hydrolysis) is 1. The Morgan fingerprint density at radius 3 is 2.52 bits per heavy atom.